The van der Waals surface area contributed by atoms with Crippen molar-refractivity contribution in [3.05, 3.63) is 70.0 Å². The van der Waals surface area contributed by atoms with Crippen molar-refractivity contribution < 1.29 is 4.39 Å². The van der Waals surface area contributed by atoms with Gasteiger partial charge in [-0.05, 0) is 60.0 Å². The molecule has 2 aromatic carbocycles. The second kappa shape index (κ2) is 5.19. The molecule has 0 saturated carbocycles. The standard InChI is InChI=1S/C17H17ClFN/c18-16-7-15(19)6-5-14(16)10-17(11-20)8-12-3-1-2-4-13(12)9-17/h1-7H,8-11,20H2. The van der Waals surface area contributed by atoms with Crippen LogP contribution >= 0.6 is 11.6 Å². The van der Waals surface area contributed by atoms with E-state index in [0.717, 1.165) is 24.8 Å². The number of benzene rings is 2. The molecule has 1 aliphatic carbocycles. The average Bonchev–Trinajstić information content (AvgIpc) is 2.81. The summed E-state index contributed by atoms with van der Waals surface area (Å²) in [5.41, 5.74) is 9.78. The summed E-state index contributed by atoms with van der Waals surface area (Å²) in [6.45, 7) is 0.607. The Morgan fingerprint density at radius 2 is 1.75 bits per heavy atom. The zero-order chi connectivity index (χ0) is 14.2. The van der Waals surface area contributed by atoms with E-state index in [1.165, 1.54) is 23.3 Å². The number of rotatable bonds is 3. The van der Waals surface area contributed by atoms with Crippen LogP contribution in [-0.4, -0.2) is 6.54 Å². The van der Waals surface area contributed by atoms with Crippen molar-refractivity contribution in [2.45, 2.75) is 19.3 Å². The highest BCUT2D eigenvalue weighted by Gasteiger charge is 2.36. The first-order valence-corrected chi connectivity index (χ1v) is 7.20. The van der Waals surface area contributed by atoms with Gasteiger partial charge < -0.3 is 5.73 Å². The topological polar surface area (TPSA) is 26.0 Å². The zero-order valence-corrected chi connectivity index (χ0v) is 12.0. The predicted molar refractivity (Wildman–Crippen MR) is 80.5 cm³/mol. The van der Waals surface area contributed by atoms with E-state index in [1.54, 1.807) is 6.07 Å². The molecule has 20 heavy (non-hydrogen) atoms. The van der Waals surface area contributed by atoms with E-state index in [0.29, 0.717) is 11.6 Å². The summed E-state index contributed by atoms with van der Waals surface area (Å²) < 4.78 is 13.1. The van der Waals surface area contributed by atoms with Gasteiger partial charge in [0.2, 0.25) is 0 Å². The lowest BCUT2D eigenvalue weighted by molar-refractivity contribution is 0.315. The maximum Gasteiger partial charge on any atom is 0.124 e. The van der Waals surface area contributed by atoms with E-state index >= 15 is 0 Å². The molecule has 0 amide bonds. The van der Waals surface area contributed by atoms with Crippen molar-refractivity contribution >= 4 is 11.6 Å². The van der Waals surface area contributed by atoms with Crippen molar-refractivity contribution in [2.75, 3.05) is 6.54 Å². The molecule has 0 atom stereocenters. The van der Waals surface area contributed by atoms with Gasteiger partial charge in [-0.25, -0.2) is 4.39 Å². The van der Waals surface area contributed by atoms with Crippen LogP contribution in [0.15, 0.2) is 42.5 Å². The van der Waals surface area contributed by atoms with Gasteiger partial charge in [0.05, 0.1) is 0 Å². The molecule has 0 unspecified atom stereocenters. The van der Waals surface area contributed by atoms with Crippen molar-refractivity contribution in [3.8, 4) is 0 Å². The molecule has 104 valence electrons. The van der Waals surface area contributed by atoms with Crippen molar-refractivity contribution in [1.29, 1.82) is 0 Å². The second-order valence-electron chi connectivity index (χ2n) is 5.74. The first-order valence-electron chi connectivity index (χ1n) is 6.83. The number of fused-ring (bicyclic) bond motifs is 1. The Balaban J connectivity index is 1.89. The Hall–Kier alpha value is -1.38. The van der Waals surface area contributed by atoms with Crippen LogP contribution in [0.25, 0.3) is 0 Å². The highest BCUT2D eigenvalue weighted by molar-refractivity contribution is 6.31. The third kappa shape index (κ3) is 2.46. The monoisotopic (exact) mass is 289 g/mol. The summed E-state index contributed by atoms with van der Waals surface area (Å²) in [6, 6.07) is 13.1. The predicted octanol–water partition coefficient (Wildman–Crippen LogP) is 3.77. The average molecular weight is 290 g/mol. The fraction of sp³-hybridized carbons (Fsp3) is 0.294. The van der Waals surface area contributed by atoms with E-state index in [-0.39, 0.29) is 11.2 Å². The van der Waals surface area contributed by atoms with Crippen LogP contribution in [0.5, 0.6) is 0 Å². The lowest BCUT2D eigenvalue weighted by Crippen LogP contribution is -2.33. The molecule has 1 nitrogen and oxygen atoms in total. The fourth-order valence-electron chi connectivity index (χ4n) is 3.18. The smallest absolute Gasteiger partial charge is 0.124 e. The van der Waals surface area contributed by atoms with Gasteiger partial charge in [0, 0.05) is 5.02 Å². The zero-order valence-electron chi connectivity index (χ0n) is 11.2. The molecule has 0 saturated heterocycles. The number of hydrogen-bond acceptors (Lipinski definition) is 1. The molecule has 0 aromatic heterocycles. The Morgan fingerprint density at radius 3 is 2.30 bits per heavy atom. The van der Waals surface area contributed by atoms with E-state index in [2.05, 4.69) is 24.3 Å². The first-order chi connectivity index (χ1) is 9.62. The molecular formula is C17H17ClFN. The van der Waals surface area contributed by atoms with Gasteiger partial charge in [0.25, 0.3) is 0 Å². The lowest BCUT2D eigenvalue weighted by atomic mass is 9.79. The third-order valence-corrected chi connectivity index (χ3v) is 4.61. The van der Waals surface area contributed by atoms with E-state index < -0.39 is 0 Å². The van der Waals surface area contributed by atoms with Crippen LogP contribution in [0.4, 0.5) is 4.39 Å². The maximum atomic E-state index is 13.1. The molecule has 0 fully saturated rings. The van der Waals surface area contributed by atoms with Gasteiger partial charge in [-0.1, -0.05) is 41.9 Å². The summed E-state index contributed by atoms with van der Waals surface area (Å²) in [6.07, 6.45) is 2.72. The summed E-state index contributed by atoms with van der Waals surface area (Å²) in [4.78, 5) is 0. The summed E-state index contributed by atoms with van der Waals surface area (Å²) in [7, 11) is 0. The minimum atomic E-state index is -0.296. The number of hydrogen-bond donors (Lipinski definition) is 1. The van der Waals surface area contributed by atoms with E-state index in [9.17, 15) is 4.39 Å². The van der Waals surface area contributed by atoms with Gasteiger partial charge in [-0.15, -0.1) is 0 Å². The minimum absolute atomic E-state index is 0.00512. The van der Waals surface area contributed by atoms with Gasteiger partial charge in [-0.2, -0.15) is 0 Å². The van der Waals surface area contributed by atoms with Gasteiger partial charge in [0.1, 0.15) is 5.82 Å². The van der Waals surface area contributed by atoms with Crippen molar-refractivity contribution in [3.63, 3.8) is 0 Å². The Kier molecular flexibility index (Phi) is 3.53. The highest BCUT2D eigenvalue weighted by Crippen LogP contribution is 2.40. The summed E-state index contributed by atoms with van der Waals surface area (Å²) >= 11 is 6.16. The minimum Gasteiger partial charge on any atom is -0.330 e. The molecule has 0 aliphatic heterocycles. The largest absolute Gasteiger partial charge is 0.330 e. The Bertz CT molecular complexity index is 614. The van der Waals surface area contributed by atoms with Gasteiger partial charge in [-0.3, -0.25) is 0 Å². The summed E-state index contributed by atoms with van der Waals surface area (Å²) in [5, 5.41) is 0.494. The van der Waals surface area contributed by atoms with E-state index in [4.69, 9.17) is 17.3 Å². The Morgan fingerprint density at radius 1 is 1.10 bits per heavy atom. The van der Waals surface area contributed by atoms with Crippen LogP contribution in [-0.2, 0) is 19.3 Å². The van der Waals surface area contributed by atoms with Crippen LogP contribution in [0, 0.1) is 11.2 Å². The SMILES string of the molecule is NCC1(Cc2ccc(F)cc2Cl)Cc2ccccc2C1. The highest BCUT2D eigenvalue weighted by atomic mass is 35.5. The van der Waals surface area contributed by atoms with Crippen LogP contribution < -0.4 is 5.73 Å². The molecule has 0 bridgehead atoms. The molecule has 3 heteroatoms. The molecule has 2 aromatic rings. The van der Waals surface area contributed by atoms with Crippen molar-refractivity contribution in [2.24, 2.45) is 11.1 Å². The molecule has 3 rings (SSSR count). The van der Waals surface area contributed by atoms with Gasteiger partial charge >= 0.3 is 0 Å². The van der Waals surface area contributed by atoms with Crippen LogP contribution in [0.1, 0.15) is 16.7 Å². The Labute approximate surface area is 123 Å². The maximum absolute atomic E-state index is 13.1. The molecule has 0 radical (unpaired) electrons. The van der Waals surface area contributed by atoms with Crippen LogP contribution in [0.2, 0.25) is 5.02 Å². The number of nitrogens with two attached hydrogens (primary N) is 1. The first kappa shape index (κ1) is 13.6. The summed E-state index contributed by atoms with van der Waals surface area (Å²) in [5.74, 6) is -0.296. The fourth-order valence-corrected chi connectivity index (χ4v) is 3.42. The molecular weight excluding hydrogens is 273 g/mol. The second-order valence-corrected chi connectivity index (χ2v) is 6.15. The molecule has 0 spiro atoms. The number of halogens is 2. The molecule has 2 N–H and O–H groups in total. The lowest BCUT2D eigenvalue weighted by Gasteiger charge is -2.28. The van der Waals surface area contributed by atoms with Gasteiger partial charge in [0.15, 0.2) is 0 Å². The van der Waals surface area contributed by atoms with E-state index in [1.807, 2.05) is 0 Å². The normalized spacial score (nSPS) is 16.1. The quantitative estimate of drug-likeness (QED) is 0.915. The molecule has 0 heterocycles. The van der Waals surface area contributed by atoms with Crippen LogP contribution in [0.3, 0.4) is 0 Å². The molecule has 1 aliphatic rings. The van der Waals surface area contributed by atoms with Crippen molar-refractivity contribution in [1.82, 2.24) is 0 Å². The third-order valence-electron chi connectivity index (χ3n) is 4.26.